The number of halogens is 3. The average molecular weight is 728 g/mol. The standard InChI is InChI=1S/C32H28F3N7O8S/c1-20-8-10-21(11-9-20)27-17-28(32(33,34)35)36-41(27)22-12-14-24(15-13-22)51(47,48)37-31(45)50-23-5-4-16-39(18-23)42(46)38-49-19-40-29(43)25-6-2-3-7-26(25)30(40)44/h2-3,6-15,17,23H,4-5,16,18-19H2,1H3,(H,37,45)/b42-38-. The molecule has 3 aromatic carbocycles. The molecule has 1 N–H and O–H groups in total. The van der Waals surface area contributed by atoms with Crippen LogP contribution in [0.4, 0.5) is 18.0 Å². The highest BCUT2D eigenvalue weighted by Gasteiger charge is 2.37. The normalized spacial score (nSPS) is 16.6. The molecule has 1 unspecified atom stereocenters. The molecule has 2 aliphatic rings. The average Bonchev–Trinajstić information content (AvgIpc) is 3.65. The smallest absolute Gasteiger partial charge is 0.435 e. The van der Waals surface area contributed by atoms with Crippen LogP contribution in [-0.2, 0) is 25.8 Å². The molecule has 0 bridgehead atoms. The van der Waals surface area contributed by atoms with Gasteiger partial charge in [-0.2, -0.15) is 18.3 Å². The number of alkyl halides is 3. The SMILES string of the molecule is Cc1ccc(-c2cc(C(F)(F)F)nn2-c2ccc(S(=O)(=O)NC(=O)OC3CCCN(/[N+]([O-])=N/OCN4C(=O)c5ccccc5C4=O)C3)cc2)cc1. The minimum Gasteiger partial charge on any atom is -0.569 e. The second-order valence-corrected chi connectivity index (χ2v) is 13.2. The second kappa shape index (κ2) is 13.7. The molecule has 51 heavy (non-hydrogen) atoms. The van der Waals surface area contributed by atoms with Gasteiger partial charge in [0.15, 0.2) is 5.69 Å². The molecule has 0 aliphatic carbocycles. The molecule has 6 rings (SSSR count). The fraction of sp³-hybridized carbons (Fsp3) is 0.250. The van der Waals surface area contributed by atoms with Crippen molar-refractivity contribution in [2.24, 2.45) is 5.28 Å². The van der Waals surface area contributed by atoms with Gasteiger partial charge in [0.05, 0.1) is 38.9 Å². The number of benzene rings is 3. The van der Waals surface area contributed by atoms with Gasteiger partial charge in [-0.15, -0.1) is 5.01 Å². The molecule has 3 amide bonds. The third-order valence-corrected chi connectivity index (χ3v) is 9.35. The zero-order valence-electron chi connectivity index (χ0n) is 26.6. The monoisotopic (exact) mass is 727 g/mol. The van der Waals surface area contributed by atoms with E-state index in [2.05, 4.69) is 10.4 Å². The van der Waals surface area contributed by atoms with Crippen LogP contribution in [0.2, 0.25) is 0 Å². The van der Waals surface area contributed by atoms with Gasteiger partial charge in [-0.1, -0.05) is 42.0 Å². The number of piperidine rings is 1. The largest absolute Gasteiger partial charge is 0.569 e. The third-order valence-electron chi connectivity index (χ3n) is 8.02. The summed E-state index contributed by atoms with van der Waals surface area (Å²) in [5, 5.41) is 20.7. The lowest BCUT2D eigenvalue weighted by molar-refractivity contribution is -0.714. The number of carbonyl (C=O) groups is 3. The molecule has 0 spiro atoms. The summed E-state index contributed by atoms with van der Waals surface area (Å²) in [6.45, 7) is 1.21. The van der Waals surface area contributed by atoms with Gasteiger partial charge in [0.1, 0.15) is 12.6 Å². The Bertz CT molecular complexity index is 2090. The second-order valence-electron chi connectivity index (χ2n) is 11.5. The van der Waals surface area contributed by atoms with Crippen molar-refractivity contribution >= 4 is 27.9 Å². The Morgan fingerprint density at radius 3 is 2.31 bits per heavy atom. The van der Waals surface area contributed by atoms with Gasteiger partial charge >= 0.3 is 12.3 Å². The number of aryl methyl sites for hydroxylation is 1. The number of amides is 3. The van der Waals surface area contributed by atoms with Crippen LogP contribution in [-0.4, -0.2) is 76.9 Å². The van der Waals surface area contributed by atoms with E-state index in [1.807, 2.05) is 6.92 Å². The number of rotatable bonds is 9. The maximum atomic E-state index is 13.6. The fourth-order valence-electron chi connectivity index (χ4n) is 5.47. The quantitative estimate of drug-likeness (QED) is 0.109. The van der Waals surface area contributed by atoms with Crippen molar-refractivity contribution < 1.29 is 50.5 Å². The molecule has 1 saturated heterocycles. The van der Waals surface area contributed by atoms with E-state index in [0.717, 1.165) is 38.4 Å². The van der Waals surface area contributed by atoms with Crippen molar-refractivity contribution in [1.29, 1.82) is 0 Å². The lowest BCUT2D eigenvalue weighted by atomic mass is 10.1. The summed E-state index contributed by atoms with van der Waals surface area (Å²) in [5.74, 6) is -1.20. The summed E-state index contributed by atoms with van der Waals surface area (Å²) in [7, 11) is -4.49. The topological polar surface area (TPSA) is 179 Å². The Labute approximate surface area is 288 Å². The van der Waals surface area contributed by atoms with Gasteiger partial charge < -0.3 is 14.8 Å². The van der Waals surface area contributed by atoms with Crippen LogP contribution < -0.4 is 4.72 Å². The predicted octanol–water partition coefficient (Wildman–Crippen LogP) is 4.81. The Hall–Kier alpha value is -5.98. The zero-order chi connectivity index (χ0) is 36.5. The van der Waals surface area contributed by atoms with E-state index in [1.54, 1.807) is 41.1 Å². The molecule has 1 fully saturated rings. The van der Waals surface area contributed by atoms with E-state index in [1.165, 1.54) is 24.3 Å². The highest BCUT2D eigenvalue weighted by atomic mass is 32.2. The number of imide groups is 1. The van der Waals surface area contributed by atoms with Crippen molar-refractivity contribution in [3.8, 4) is 16.9 Å². The maximum absolute atomic E-state index is 13.6. The molecule has 1 atom stereocenters. The van der Waals surface area contributed by atoms with Crippen LogP contribution in [0.15, 0.2) is 89.0 Å². The molecule has 3 heterocycles. The summed E-state index contributed by atoms with van der Waals surface area (Å²) >= 11 is 0. The molecule has 19 heteroatoms. The Balaban J connectivity index is 1.06. The number of nitrogens with one attached hydrogen (secondary N) is 1. The van der Waals surface area contributed by atoms with Crippen LogP contribution in [0.25, 0.3) is 16.9 Å². The zero-order valence-corrected chi connectivity index (χ0v) is 27.4. The van der Waals surface area contributed by atoms with Gasteiger partial charge in [0, 0.05) is 5.56 Å². The predicted molar refractivity (Wildman–Crippen MR) is 169 cm³/mol. The molecule has 15 nitrogen and oxygen atoms in total. The summed E-state index contributed by atoms with van der Waals surface area (Å²) < 4.78 is 74.7. The number of fused-ring (bicyclic) bond motifs is 1. The van der Waals surface area contributed by atoms with Crippen molar-refractivity contribution in [3.05, 3.63) is 106 Å². The van der Waals surface area contributed by atoms with E-state index >= 15 is 0 Å². The number of hydrazine groups is 1. The van der Waals surface area contributed by atoms with Crippen LogP contribution in [0.3, 0.4) is 0 Å². The van der Waals surface area contributed by atoms with Gasteiger partial charge in [-0.3, -0.25) is 9.59 Å². The molecule has 1 aromatic heterocycles. The number of nitrogens with zero attached hydrogens (tertiary/aromatic N) is 6. The first kappa shape index (κ1) is 34.9. The Morgan fingerprint density at radius 2 is 1.69 bits per heavy atom. The summed E-state index contributed by atoms with van der Waals surface area (Å²) in [6.07, 6.45) is -6.35. The summed E-state index contributed by atoms with van der Waals surface area (Å²) in [5.41, 5.74) is 0.864. The molecule has 0 radical (unpaired) electrons. The maximum Gasteiger partial charge on any atom is 0.435 e. The number of carbonyl (C=O) groups excluding carboxylic acids is 3. The molecule has 266 valence electrons. The van der Waals surface area contributed by atoms with E-state index in [4.69, 9.17) is 9.57 Å². The van der Waals surface area contributed by atoms with Gasteiger partial charge in [-0.25, -0.2) is 27.5 Å². The number of hydrogen-bond donors (Lipinski definition) is 1. The van der Waals surface area contributed by atoms with E-state index in [0.29, 0.717) is 12.0 Å². The van der Waals surface area contributed by atoms with Crippen LogP contribution in [0.1, 0.15) is 44.8 Å². The molecular weight excluding hydrogens is 699 g/mol. The molecule has 0 saturated carbocycles. The minimum absolute atomic E-state index is 0.0748. The third kappa shape index (κ3) is 7.47. The van der Waals surface area contributed by atoms with E-state index < -0.39 is 52.6 Å². The number of aromatic nitrogens is 2. The van der Waals surface area contributed by atoms with E-state index in [-0.39, 0.29) is 51.9 Å². The summed E-state index contributed by atoms with van der Waals surface area (Å²) in [6, 6.07) is 18.5. The van der Waals surface area contributed by atoms with Crippen molar-refractivity contribution in [1.82, 2.24) is 24.4 Å². The van der Waals surface area contributed by atoms with Crippen molar-refractivity contribution in [2.45, 2.75) is 36.9 Å². The van der Waals surface area contributed by atoms with Gasteiger partial charge in [0.25, 0.3) is 21.8 Å². The Morgan fingerprint density at radius 1 is 1.04 bits per heavy atom. The molecular formula is C32H28F3N7O8S. The molecule has 2 aliphatic heterocycles. The number of sulfonamides is 1. The van der Waals surface area contributed by atoms with Gasteiger partial charge in [0.2, 0.25) is 12.0 Å². The number of hydrogen-bond acceptors (Lipinski definition) is 10. The number of ether oxygens (including phenoxy) is 1. The van der Waals surface area contributed by atoms with Gasteiger partial charge in [-0.05, 0) is 62.2 Å². The summed E-state index contributed by atoms with van der Waals surface area (Å²) in [4.78, 5) is 42.9. The van der Waals surface area contributed by atoms with Crippen LogP contribution in [0, 0.1) is 12.1 Å². The lowest BCUT2D eigenvalue weighted by Crippen LogP contribution is -2.45. The lowest BCUT2D eigenvalue weighted by Gasteiger charge is -2.28. The first-order chi connectivity index (χ1) is 24.2. The fourth-order valence-corrected chi connectivity index (χ4v) is 6.35. The highest BCUT2D eigenvalue weighted by Crippen LogP contribution is 2.33. The van der Waals surface area contributed by atoms with Crippen LogP contribution >= 0.6 is 0 Å². The van der Waals surface area contributed by atoms with E-state index in [9.17, 15) is 41.2 Å². The first-order valence-electron chi connectivity index (χ1n) is 15.3. The first-order valence-corrected chi connectivity index (χ1v) is 16.8. The van der Waals surface area contributed by atoms with Crippen LogP contribution in [0.5, 0.6) is 0 Å². The van der Waals surface area contributed by atoms with Crippen molar-refractivity contribution in [3.63, 3.8) is 0 Å². The Kier molecular flexibility index (Phi) is 9.39. The van der Waals surface area contributed by atoms with Crippen molar-refractivity contribution in [2.75, 3.05) is 19.8 Å². The highest BCUT2D eigenvalue weighted by molar-refractivity contribution is 7.90. The minimum atomic E-state index is -4.73. The molecule has 4 aromatic rings.